The van der Waals surface area contributed by atoms with E-state index < -0.39 is 21.6 Å². The second kappa shape index (κ2) is 9.55. The second-order valence-electron chi connectivity index (χ2n) is 9.58. The number of benzene rings is 1. The average molecular weight is 556 g/mol. The van der Waals surface area contributed by atoms with Crippen molar-refractivity contribution >= 4 is 33.2 Å². The second-order valence-corrected chi connectivity index (χ2v) is 11.9. The maximum absolute atomic E-state index is 14.0. The van der Waals surface area contributed by atoms with Crippen molar-refractivity contribution in [2.24, 2.45) is 14.1 Å². The smallest absolute Gasteiger partial charge is 0.346 e. The number of hydrogen-bond acceptors (Lipinski definition) is 7. The van der Waals surface area contributed by atoms with E-state index in [9.17, 15) is 18.0 Å². The van der Waals surface area contributed by atoms with Crippen LogP contribution in [0.5, 0.6) is 5.88 Å². The van der Waals surface area contributed by atoms with Crippen LogP contribution >= 0.6 is 11.6 Å². The molecular formula is C26H26ClN5O5S. The summed E-state index contributed by atoms with van der Waals surface area (Å²) in [5.74, 6) is -1.06. The van der Waals surface area contributed by atoms with Crippen LogP contribution in [0.25, 0.3) is 0 Å². The summed E-state index contributed by atoms with van der Waals surface area (Å²) in [5, 5.41) is 8.84. The molecule has 1 saturated carbocycles. The van der Waals surface area contributed by atoms with Crippen LogP contribution in [0.4, 0.5) is 0 Å². The summed E-state index contributed by atoms with van der Waals surface area (Å²) >= 11 is 6.77. The maximum atomic E-state index is 14.0. The number of ether oxygens (including phenoxy) is 1. The van der Waals surface area contributed by atoms with Crippen LogP contribution in [-0.2, 0) is 30.5 Å². The maximum Gasteiger partial charge on any atom is 0.346 e. The predicted molar refractivity (Wildman–Crippen MR) is 140 cm³/mol. The van der Waals surface area contributed by atoms with E-state index in [-0.39, 0.29) is 45.0 Å². The Morgan fingerprint density at radius 2 is 1.84 bits per heavy atom. The Balaban J connectivity index is 1.61. The summed E-state index contributed by atoms with van der Waals surface area (Å²) in [6, 6.07) is 6.17. The molecule has 0 atom stereocenters. The zero-order valence-electron chi connectivity index (χ0n) is 21.3. The Kier molecular flexibility index (Phi) is 6.52. The number of carbonyl (C=O) groups is 2. The molecule has 1 fully saturated rings. The molecule has 1 aromatic carbocycles. The van der Waals surface area contributed by atoms with E-state index in [1.807, 2.05) is 6.92 Å². The van der Waals surface area contributed by atoms with Crippen molar-refractivity contribution in [1.29, 1.82) is 0 Å². The van der Waals surface area contributed by atoms with Gasteiger partial charge in [0.25, 0.3) is 0 Å². The van der Waals surface area contributed by atoms with Gasteiger partial charge in [-0.3, -0.25) is 9.48 Å². The van der Waals surface area contributed by atoms with Crippen LogP contribution in [0.15, 0.2) is 47.8 Å². The van der Waals surface area contributed by atoms with Crippen molar-refractivity contribution in [3.05, 3.63) is 81.5 Å². The molecule has 0 aliphatic heterocycles. The largest absolute Gasteiger partial charge is 0.403 e. The molecule has 198 valence electrons. The third-order valence-corrected chi connectivity index (χ3v) is 8.02. The van der Waals surface area contributed by atoms with E-state index >= 15 is 0 Å². The fourth-order valence-electron chi connectivity index (χ4n) is 4.39. The molecule has 3 heterocycles. The summed E-state index contributed by atoms with van der Waals surface area (Å²) in [6.45, 7) is 1.87. The van der Waals surface area contributed by atoms with Gasteiger partial charge in [-0.15, -0.1) is 0 Å². The molecule has 10 nitrogen and oxygen atoms in total. The molecule has 0 spiro atoms. The molecule has 38 heavy (non-hydrogen) atoms. The van der Waals surface area contributed by atoms with Gasteiger partial charge in [0.05, 0.1) is 33.4 Å². The summed E-state index contributed by atoms with van der Waals surface area (Å²) < 4.78 is 35.5. The van der Waals surface area contributed by atoms with Crippen LogP contribution in [0, 0.1) is 6.92 Å². The lowest BCUT2D eigenvalue weighted by Gasteiger charge is -2.14. The number of nitrogens with zero attached hydrogens (tertiary/aromatic N) is 5. The lowest BCUT2D eigenvalue weighted by Crippen LogP contribution is -2.15. The van der Waals surface area contributed by atoms with Crippen LogP contribution < -0.4 is 4.74 Å². The van der Waals surface area contributed by atoms with E-state index in [1.54, 1.807) is 54.1 Å². The van der Waals surface area contributed by atoms with Crippen molar-refractivity contribution in [1.82, 2.24) is 24.1 Å². The lowest BCUT2D eigenvalue weighted by molar-refractivity contribution is 0.0718. The summed E-state index contributed by atoms with van der Waals surface area (Å²) in [7, 11) is -0.271. The van der Waals surface area contributed by atoms with Gasteiger partial charge < -0.3 is 9.30 Å². The number of hydrogen-bond donors (Lipinski definition) is 0. The first-order chi connectivity index (χ1) is 17.9. The van der Waals surface area contributed by atoms with Gasteiger partial charge in [0, 0.05) is 56.0 Å². The van der Waals surface area contributed by atoms with Crippen molar-refractivity contribution in [3.63, 3.8) is 0 Å². The minimum absolute atomic E-state index is 0.00276. The van der Waals surface area contributed by atoms with Gasteiger partial charge in [0.15, 0.2) is 9.84 Å². The highest BCUT2D eigenvalue weighted by Crippen LogP contribution is 2.44. The van der Waals surface area contributed by atoms with Gasteiger partial charge in [-0.05, 0) is 44.0 Å². The number of sulfone groups is 1. The highest BCUT2D eigenvalue weighted by atomic mass is 35.5. The fraction of sp³-hybridized carbons (Fsp3) is 0.308. The first kappa shape index (κ1) is 25.9. The molecule has 3 aromatic heterocycles. The molecular weight excluding hydrogens is 530 g/mol. The molecule has 1 aliphatic carbocycles. The third-order valence-electron chi connectivity index (χ3n) is 6.41. The van der Waals surface area contributed by atoms with Gasteiger partial charge >= 0.3 is 5.97 Å². The fourth-order valence-corrected chi connectivity index (χ4v) is 5.69. The van der Waals surface area contributed by atoms with Gasteiger partial charge in [-0.2, -0.15) is 10.2 Å². The molecule has 0 unspecified atom stereocenters. The molecule has 4 aromatic rings. The molecule has 0 radical (unpaired) electrons. The number of aryl methyl sites for hydroxylation is 3. The van der Waals surface area contributed by atoms with Crippen molar-refractivity contribution in [3.8, 4) is 5.88 Å². The van der Waals surface area contributed by atoms with Crippen molar-refractivity contribution in [2.45, 2.75) is 37.1 Å². The topological polar surface area (TPSA) is 118 Å². The van der Waals surface area contributed by atoms with Gasteiger partial charge in [0.1, 0.15) is 5.56 Å². The van der Waals surface area contributed by atoms with Gasteiger partial charge in [-0.1, -0.05) is 11.6 Å². The van der Waals surface area contributed by atoms with E-state index in [1.165, 1.54) is 16.8 Å². The Morgan fingerprint density at radius 1 is 1.11 bits per heavy atom. The Bertz CT molecular complexity index is 1690. The highest BCUT2D eigenvalue weighted by Gasteiger charge is 2.37. The molecule has 0 saturated heterocycles. The number of ketones is 1. The molecule has 0 bridgehead atoms. The van der Waals surface area contributed by atoms with Crippen LogP contribution in [-0.4, -0.2) is 50.6 Å². The Morgan fingerprint density at radius 3 is 2.42 bits per heavy atom. The third kappa shape index (κ3) is 4.91. The SMILES string of the molecule is Cc1ccn(Cc2c(S(C)(=O)=O)ccc(C(=O)c3c(C4CC4)nn(C)c3OC(=O)c3ccn(C)c3)c2Cl)n1. The number of aromatic nitrogens is 5. The van der Waals surface area contributed by atoms with E-state index in [2.05, 4.69) is 10.2 Å². The van der Waals surface area contributed by atoms with E-state index in [0.717, 1.165) is 24.8 Å². The minimum atomic E-state index is -3.66. The standard InChI is InChI=1S/C26H26ClN5O5S/c1-15-9-12-32(28-15)14-19-20(38(4,35)36)8-7-18(22(19)27)24(33)21-23(16-5-6-16)29-31(3)25(21)37-26(34)17-10-11-30(2)13-17/h7-13,16H,5-6,14H2,1-4H3. The molecule has 0 amide bonds. The van der Waals surface area contributed by atoms with Crippen LogP contribution in [0.1, 0.15) is 62.0 Å². The minimum Gasteiger partial charge on any atom is -0.403 e. The Labute approximate surface area is 224 Å². The summed E-state index contributed by atoms with van der Waals surface area (Å²) in [5.41, 5.74) is 2.10. The van der Waals surface area contributed by atoms with Gasteiger partial charge in [-0.25, -0.2) is 17.9 Å². The monoisotopic (exact) mass is 555 g/mol. The van der Waals surface area contributed by atoms with Crippen LogP contribution in [0.2, 0.25) is 5.02 Å². The number of carbonyl (C=O) groups excluding carboxylic acids is 2. The number of esters is 1. The molecule has 5 rings (SSSR count). The van der Waals surface area contributed by atoms with Crippen molar-refractivity contribution in [2.75, 3.05) is 6.26 Å². The van der Waals surface area contributed by atoms with Crippen molar-refractivity contribution < 1.29 is 22.7 Å². The highest BCUT2D eigenvalue weighted by molar-refractivity contribution is 7.90. The average Bonchev–Trinajstić information content (AvgIpc) is 3.33. The van der Waals surface area contributed by atoms with E-state index in [4.69, 9.17) is 16.3 Å². The van der Waals surface area contributed by atoms with E-state index in [0.29, 0.717) is 11.3 Å². The van der Waals surface area contributed by atoms with Crippen LogP contribution in [0.3, 0.4) is 0 Å². The number of halogens is 1. The normalized spacial score (nSPS) is 13.6. The number of rotatable bonds is 8. The molecule has 1 aliphatic rings. The zero-order chi connectivity index (χ0) is 27.4. The first-order valence-electron chi connectivity index (χ1n) is 11.9. The zero-order valence-corrected chi connectivity index (χ0v) is 22.9. The predicted octanol–water partition coefficient (Wildman–Crippen LogP) is 3.70. The van der Waals surface area contributed by atoms with Gasteiger partial charge in [0.2, 0.25) is 11.7 Å². The summed E-state index contributed by atoms with van der Waals surface area (Å²) in [6.07, 6.45) is 7.84. The summed E-state index contributed by atoms with van der Waals surface area (Å²) in [4.78, 5) is 26.9. The lowest BCUT2D eigenvalue weighted by atomic mass is 9.99. The Hall–Kier alpha value is -3.70. The first-order valence-corrected chi connectivity index (χ1v) is 14.2. The quantitative estimate of drug-likeness (QED) is 0.240. The molecule has 12 heteroatoms. The molecule has 0 N–H and O–H groups in total.